The molecule has 0 amide bonds. The summed E-state index contributed by atoms with van der Waals surface area (Å²) in [4.78, 5) is 10.5. The first-order valence-electron chi connectivity index (χ1n) is 3.31. The Kier molecular flexibility index (Phi) is 3.82. The van der Waals surface area contributed by atoms with E-state index in [9.17, 15) is 13.6 Å². The van der Waals surface area contributed by atoms with Crippen LogP contribution in [-0.2, 0) is 9.53 Å². The molecular weight excluding hydrogens is 170 g/mol. The van der Waals surface area contributed by atoms with Gasteiger partial charge in [-0.15, -0.1) is 0 Å². The minimum Gasteiger partial charge on any atom is -0.464 e. The fourth-order valence-electron chi connectivity index (χ4n) is 0.490. The fourth-order valence-corrected chi connectivity index (χ4v) is 0.490. The van der Waals surface area contributed by atoms with Crippen LogP contribution in [0.3, 0.4) is 0 Å². The highest BCUT2D eigenvalue weighted by molar-refractivity contribution is 5.76. The van der Waals surface area contributed by atoms with Gasteiger partial charge in [-0.3, -0.25) is 0 Å². The molecule has 70 valence electrons. The molecule has 1 atom stereocenters. The summed E-state index contributed by atoms with van der Waals surface area (Å²) in [7, 11) is 0. The van der Waals surface area contributed by atoms with Crippen molar-refractivity contribution in [2.45, 2.75) is 19.0 Å². The lowest BCUT2D eigenvalue weighted by Gasteiger charge is -2.16. The van der Waals surface area contributed by atoms with Crippen LogP contribution in [0.4, 0.5) is 8.78 Å². The molecule has 0 bridgehead atoms. The molecule has 0 aliphatic heterocycles. The maximum absolute atomic E-state index is 12.5. The van der Waals surface area contributed by atoms with Gasteiger partial charge in [0.1, 0.15) is 0 Å². The number of hydrogen-bond donors (Lipinski definition) is 1. The minimum absolute atomic E-state index is 0.0525. The largest absolute Gasteiger partial charge is 0.464 e. The van der Waals surface area contributed by atoms with Crippen molar-refractivity contribution >= 4 is 5.97 Å². The molecule has 0 saturated heterocycles. The van der Waals surface area contributed by atoms with Gasteiger partial charge in [-0.2, -0.15) is 8.78 Å². The third kappa shape index (κ3) is 2.58. The summed E-state index contributed by atoms with van der Waals surface area (Å²) >= 11 is 0. The molecule has 3 nitrogen and oxygen atoms in total. The Labute approximate surface area is 68.6 Å². The Morgan fingerprint density at radius 1 is 1.83 bits per heavy atom. The monoisotopic (exact) mass is 180 g/mol. The zero-order valence-corrected chi connectivity index (χ0v) is 6.59. The SMILES string of the molecule is C=CC(F)(F)C(O)C(=O)OCC. The van der Waals surface area contributed by atoms with E-state index >= 15 is 0 Å². The van der Waals surface area contributed by atoms with Gasteiger partial charge in [0.2, 0.25) is 6.10 Å². The molecule has 0 aromatic rings. The number of aliphatic hydroxyl groups is 1. The normalized spacial score (nSPS) is 13.7. The number of hydrogen-bond acceptors (Lipinski definition) is 3. The van der Waals surface area contributed by atoms with E-state index in [1.165, 1.54) is 6.92 Å². The fraction of sp³-hybridized carbons (Fsp3) is 0.571. The Morgan fingerprint density at radius 2 is 2.33 bits per heavy atom. The second-order valence-electron chi connectivity index (χ2n) is 2.03. The third-order valence-electron chi connectivity index (χ3n) is 1.15. The van der Waals surface area contributed by atoms with Crippen molar-refractivity contribution < 1.29 is 23.4 Å². The average Bonchev–Trinajstić information content (AvgIpc) is 2.03. The zero-order valence-electron chi connectivity index (χ0n) is 6.59. The molecule has 0 aromatic heterocycles. The van der Waals surface area contributed by atoms with Gasteiger partial charge >= 0.3 is 11.9 Å². The summed E-state index contributed by atoms with van der Waals surface area (Å²) in [5.41, 5.74) is 0. The van der Waals surface area contributed by atoms with Crippen LogP contribution in [-0.4, -0.2) is 29.7 Å². The summed E-state index contributed by atoms with van der Waals surface area (Å²) in [6.45, 7) is 4.18. The summed E-state index contributed by atoms with van der Waals surface area (Å²) in [6.07, 6.45) is -2.26. The minimum atomic E-state index is -3.63. The van der Waals surface area contributed by atoms with Gasteiger partial charge < -0.3 is 9.84 Å². The van der Waals surface area contributed by atoms with Gasteiger partial charge in [0.25, 0.3) is 0 Å². The summed E-state index contributed by atoms with van der Waals surface area (Å²) in [6, 6.07) is 0. The van der Waals surface area contributed by atoms with E-state index in [0.717, 1.165) is 0 Å². The van der Waals surface area contributed by atoms with Gasteiger partial charge in [-0.25, -0.2) is 4.79 Å². The highest BCUT2D eigenvalue weighted by Gasteiger charge is 2.41. The second kappa shape index (κ2) is 4.15. The first kappa shape index (κ1) is 11.0. The first-order chi connectivity index (χ1) is 5.45. The Balaban J connectivity index is 4.27. The van der Waals surface area contributed by atoms with Crippen molar-refractivity contribution in [2.24, 2.45) is 0 Å². The molecule has 0 aromatic carbocycles. The number of halogens is 2. The molecule has 0 saturated carbocycles. The van der Waals surface area contributed by atoms with Crippen molar-refractivity contribution in [1.82, 2.24) is 0 Å². The molecule has 0 aliphatic carbocycles. The molecule has 0 radical (unpaired) electrons. The van der Waals surface area contributed by atoms with Gasteiger partial charge in [0.05, 0.1) is 6.61 Å². The van der Waals surface area contributed by atoms with E-state index in [4.69, 9.17) is 5.11 Å². The van der Waals surface area contributed by atoms with Crippen LogP contribution in [0.1, 0.15) is 6.92 Å². The molecule has 0 rings (SSSR count). The van der Waals surface area contributed by atoms with Crippen LogP contribution in [0.25, 0.3) is 0 Å². The molecule has 1 N–H and O–H groups in total. The van der Waals surface area contributed by atoms with E-state index in [2.05, 4.69) is 11.3 Å². The summed E-state index contributed by atoms with van der Waals surface area (Å²) < 4.78 is 29.1. The Morgan fingerprint density at radius 3 is 2.67 bits per heavy atom. The van der Waals surface area contributed by atoms with Crippen LogP contribution in [0, 0.1) is 0 Å². The van der Waals surface area contributed by atoms with E-state index in [1.54, 1.807) is 0 Å². The van der Waals surface area contributed by atoms with Crippen molar-refractivity contribution in [2.75, 3.05) is 6.61 Å². The molecule has 1 unspecified atom stereocenters. The number of carbonyl (C=O) groups is 1. The van der Waals surface area contributed by atoms with Gasteiger partial charge in [-0.05, 0) is 13.0 Å². The molecule has 5 heteroatoms. The second-order valence-corrected chi connectivity index (χ2v) is 2.03. The van der Waals surface area contributed by atoms with Crippen LogP contribution in [0.15, 0.2) is 12.7 Å². The lowest BCUT2D eigenvalue weighted by molar-refractivity contribution is -0.168. The molecule has 0 heterocycles. The van der Waals surface area contributed by atoms with Crippen LogP contribution >= 0.6 is 0 Å². The maximum Gasteiger partial charge on any atom is 0.341 e. The average molecular weight is 180 g/mol. The van der Waals surface area contributed by atoms with E-state index < -0.39 is 18.0 Å². The topological polar surface area (TPSA) is 46.5 Å². The summed E-state index contributed by atoms with van der Waals surface area (Å²) in [5.74, 6) is -4.98. The number of carbonyl (C=O) groups excluding carboxylic acids is 1. The van der Waals surface area contributed by atoms with Crippen molar-refractivity contribution in [3.05, 3.63) is 12.7 Å². The van der Waals surface area contributed by atoms with Crippen molar-refractivity contribution in [3.63, 3.8) is 0 Å². The predicted octanol–water partition coefficient (Wildman–Crippen LogP) is 0.732. The smallest absolute Gasteiger partial charge is 0.341 e. The van der Waals surface area contributed by atoms with E-state index in [0.29, 0.717) is 0 Å². The van der Waals surface area contributed by atoms with Crippen molar-refractivity contribution in [3.8, 4) is 0 Å². The predicted molar refractivity (Wildman–Crippen MR) is 37.8 cm³/mol. The molecule has 0 fully saturated rings. The zero-order chi connectivity index (χ0) is 9.78. The number of rotatable bonds is 4. The lowest BCUT2D eigenvalue weighted by atomic mass is 10.2. The molecule has 0 aliphatic rings. The van der Waals surface area contributed by atoms with E-state index in [-0.39, 0.29) is 12.7 Å². The highest BCUT2D eigenvalue weighted by Crippen LogP contribution is 2.20. The van der Waals surface area contributed by atoms with Gasteiger partial charge in [0.15, 0.2) is 0 Å². The quantitative estimate of drug-likeness (QED) is 0.512. The molecule has 12 heavy (non-hydrogen) atoms. The highest BCUT2D eigenvalue weighted by atomic mass is 19.3. The molecule has 0 spiro atoms. The van der Waals surface area contributed by atoms with Crippen LogP contribution in [0.2, 0.25) is 0 Å². The van der Waals surface area contributed by atoms with E-state index in [1.807, 2.05) is 0 Å². The lowest BCUT2D eigenvalue weighted by Crippen LogP contribution is -2.39. The third-order valence-corrected chi connectivity index (χ3v) is 1.15. The number of alkyl halides is 2. The van der Waals surface area contributed by atoms with Crippen LogP contribution < -0.4 is 0 Å². The van der Waals surface area contributed by atoms with Crippen molar-refractivity contribution in [1.29, 1.82) is 0 Å². The first-order valence-corrected chi connectivity index (χ1v) is 3.31. The standard InChI is InChI=1S/C7H10F2O3/c1-3-7(8,9)5(10)6(11)12-4-2/h3,5,10H,1,4H2,2H3. The Hall–Kier alpha value is -0.970. The maximum atomic E-state index is 12.5. The number of esters is 1. The van der Waals surface area contributed by atoms with Gasteiger partial charge in [0, 0.05) is 0 Å². The number of aliphatic hydroxyl groups excluding tert-OH is 1. The van der Waals surface area contributed by atoms with Crippen LogP contribution in [0.5, 0.6) is 0 Å². The van der Waals surface area contributed by atoms with Gasteiger partial charge in [-0.1, -0.05) is 6.58 Å². The number of ether oxygens (including phenoxy) is 1. The Bertz CT molecular complexity index is 179. The summed E-state index contributed by atoms with van der Waals surface area (Å²) in [5, 5.41) is 8.68. The molecular formula is C7H10F2O3.